The van der Waals surface area contributed by atoms with Gasteiger partial charge in [0.1, 0.15) is 5.60 Å². The quantitative estimate of drug-likeness (QED) is 0.763. The Kier molecular flexibility index (Phi) is 7.15. The van der Waals surface area contributed by atoms with E-state index in [0.717, 1.165) is 30.4 Å². The summed E-state index contributed by atoms with van der Waals surface area (Å²) in [6.45, 7) is 5.96. The molecular formula is C21H30N2O4S. The summed E-state index contributed by atoms with van der Waals surface area (Å²) in [7, 11) is 0. The molecule has 1 aromatic rings. The number of benzene rings is 1. The Balaban J connectivity index is 0.00000280. The van der Waals surface area contributed by atoms with Gasteiger partial charge in [0.25, 0.3) is 0 Å². The Labute approximate surface area is 173 Å². The van der Waals surface area contributed by atoms with E-state index >= 15 is 0 Å². The molecule has 0 radical (unpaired) electrons. The molecule has 7 heteroatoms. The van der Waals surface area contributed by atoms with Crippen molar-refractivity contribution in [2.24, 2.45) is 0 Å². The summed E-state index contributed by atoms with van der Waals surface area (Å²) in [6.07, 6.45) is 3.41. The second-order valence-corrected chi connectivity index (χ2v) is 8.23. The summed E-state index contributed by atoms with van der Waals surface area (Å²) in [5, 5.41) is 2.66. The number of nitrogens with one attached hydrogen (secondary N) is 1. The molecule has 0 spiro atoms. The topological polar surface area (TPSA) is 75.7 Å². The molecule has 1 saturated heterocycles. The first-order valence-corrected chi connectivity index (χ1v) is 9.67. The number of aryl methyl sites for hydroxylation is 1. The third-order valence-electron chi connectivity index (χ3n) is 5.06. The Hall–Kier alpha value is -2.02. The van der Waals surface area contributed by atoms with Crippen LogP contribution in [0.25, 0.3) is 0 Å². The van der Waals surface area contributed by atoms with Crippen LogP contribution in [0.1, 0.15) is 61.5 Å². The van der Waals surface area contributed by atoms with Crippen molar-refractivity contribution in [3.05, 3.63) is 34.9 Å². The van der Waals surface area contributed by atoms with Crippen LogP contribution in [-0.2, 0) is 22.4 Å². The number of likely N-dealkylation sites (tertiary alicyclic amines) is 1. The zero-order valence-electron chi connectivity index (χ0n) is 16.8. The van der Waals surface area contributed by atoms with E-state index in [0.29, 0.717) is 19.4 Å². The molecule has 3 rings (SSSR count). The zero-order chi connectivity index (χ0) is 19.6. The van der Waals surface area contributed by atoms with Crippen molar-refractivity contribution in [1.29, 1.82) is 0 Å². The molecular weight excluding hydrogens is 376 g/mol. The molecule has 0 aromatic heterocycles. The zero-order valence-corrected chi connectivity index (χ0v) is 17.8. The van der Waals surface area contributed by atoms with E-state index in [4.69, 9.17) is 4.74 Å². The molecule has 1 N–H and O–H groups in total. The Morgan fingerprint density at radius 1 is 1.21 bits per heavy atom. The minimum Gasteiger partial charge on any atom is -0.444 e. The number of ether oxygens (including phenoxy) is 1. The van der Waals surface area contributed by atoms with Gasteiger partial charge in [-0.15, -0.1) is 0 Å². The standard InChI is InChI=1S/C21H28N2O4.H2S/c1-21(2,3)27-20(26)22-12-13-23-17(10-11-18(23)24)19(25)16-9-5-7-14-6-4-8-15(14)16;/h5,7,9,17H,4,6,8,10-13H2,1-3H3,(H,22,26);1H2/t17-;/m0./s1. The smallest absolute Gasteiger partial charge is 0.407 e. The van der Waals surface area contributed by atoms with E-state index in [2.05, 4.69) is 11.4 Å². The van der Waals surface area contributed by atoms with Crippen LogP contribution in [0.2, 0.25) is 0 Å². The lowest BCUT2D eigenvalue weighted by atomic mass is 9.95. The van der Waals surface area contributed by atoms with Gasteiger partial charge in [0.15, 0.2) is 5.78 Å². The van der Waals surface area contributed by atoms with Gasteiger partial charge < -0.3 is 15.0 Å². The van der Waals surface area contributed by atoms with E-state index < -0.39 is 17.7 Å². The Bertz CT molecular complexity index is 757. The molecule has 1 heterocycles. The lowest BCUT2D eigenvalue weighted by molar-refractivity contribution is -0.128. The lowest BCUT2D eigenvalue weighted by Gasteiger charge is -2.25. The fraction of sp³-hybridized carbons (Fsp3) is 0.571. The molecule has 2 aliphatic rings. The Morgan fingerprint density at radius 3 is 2.68 bits per heavy atom. The molecule has 1 atom stereocenters. The highest BCUT2D eigenvalue weighted by atomic mass is 32.1. The van der Waals surface area contributed by atoms with Gasteiger partial charge >= 0.3 is 6.09 Å². The van der Waals surface area contributed by atoms with Crippen LogP contribution in [0.5, 0.6) is 0 Å². The van der Waals surface area contributed by atoms with E-state index in [1.54, 1.807) is 25.7 Å². The number of ketones is 1. The van der Waals surface area contributed by atoms with Gasteiger partial charge in [0, 0.05) is 25.1 Å². The molecule has 28 heavy (non-hydrogen) atoms. The number of fused-ring (bicyclic) bond motifs is 1. The maximum Gasteiger partial charge on any atom is 0.407 e. The van der Waals surface area contributed by atoms with Crippen molar-refractivity contribution >= 4 is 31.3 Å². The average Bonchev–Trinajstić information content (AvgIpc) is 3.19. The molecule has 1 aliphatic carbocycles. The van der Waals surface area contributed by atoms with Gasteiger partial charge in [0.05, 0.1) is 6.04 Å². The molecule has 1 aliphatic heterocycles. The number of nitrogens with zero attached hydrogens (tertiary/aromatic N) is 1. The van der Waals surface area contributed by atoms with Gasteiger partial charge in [-0.25, -0.2) is 4.79 Å². The van der Waals surface area contributed by atoms with E-state index in [1.165, 1.54) is 5.56 Å². The molecule has 154 valence electrons. The Morgan fingerprint density at radius 2 is 1.96 bits per heavy atom. The first-order valence-electron chi connectivity index (χ1n) is 9.67. The monoisotopic (exact) mass is 406 g/mol. The fourth-order valence-electron chi connectivity index (χ4n) is 3.91. The first kappa shape index (κ1) is 22.3. The summed E-state index contributed by atoms with van der Waals surface area (Å²) in [5.41, 5.74) is 2.59. The van der Waals surface area contributed by atoms with Crippen molar-refractivity contribution in [2.75, 3.05) is 13.1 Å². The van der Waals surface area contributed by atoms with Gasteiger partial charge in [-0.05, 0) is 57.6 Å². The third-order valence-corrected chi connectivity index (χ3v) is 5.06. The van der Waals surface area contributed by atoms with Gasteiger partial charge in [-0.3, -0.25) is 9.59 Å². The second-order valence-electron chi connectivity index (χ2n) is 8.23. The molecule has 0 saturated carbocycles. The highest BCUT2D eigenvalue weighted by Crippen LogP contribution is 2.29. The van der Waals surface area contributed by atoms with Crippen LogP contribution >= 0.6 is 13.5 Å². The van der Waals surface area contributed by atoms with E-state index in [-0.39, 0.29) is 31.7 Å². The molecule has 1 fully saturated rings. The number of hydrogen-bond donors (Lipinski definition) is 1. The maximum absolute atomic E-state index is 13.1. The van der Waals surface area contributed by atoms with Crippen LogP contribution in [0, 0.1) is 0 Å². The number of alkyl carbamates (subject to hydrolysis) is 1. The first-order chi connectivity index (χ1) is 12.8. The van der Waals surface area contributed by atoms with Crippen LogP contribution in [-0.4, -0.2) is 47.4 Å². The molecule has 0 bridgehead atoms. The van der Waals surface area contributed by atoms with E-state index in [9.17, 15) is 14.4 Å². The molecule has 2 amide bonds. The summed E-state index contributed by atoms with van der Waals surface area (Å²) < 4.78 is 5.20. The molecule has 6 nitrogen and oxygen atoms in total. The predicted molar refractivity (Wildman–Crippen MR) is 112 cm³/mol. The molecule has 0 unspecified atom stereocenters. The lowest BCUT2D eigenvalue weighted by Crippen LogP contribution is -2.44. The number of rotatable bonds is 5. The largest absolute Gasteiger partial charge is 0.444 e. The summed E-state index contributed by atoms with van der Waals surface area (Å²) in [4.78, 5) is 38.8. The highest BCUT2D eigenvalue weighted by molar-refractivity contribution is 7.59. The van der Waals surface area contributed by atoms with Gasteiger partial charge in [0.2, 0.25) is 5.91 Å². The summed E-state index contributed by atoms with van der Waals surface area (Å²) >= 11 is 0. The molecule has 1 aromatic carbocycles. The van der Waals surface area contributed by atoms with Crippen molar-refractivity contribution < 1.29 is 19.1 Å². The van der Waals surface area contributed by atoms with Crippen molar-refractivity contribution in [1.82, 2.24) is 10.2 Å². The summed E-state index contributed by atoms with van der Waals surface area (Å²) in [5.74, 6) is -0.0104. The van der Waals surface area contributed by atoms with Crippen molar-refractivity contribution in [3.8, 4) is 0 Å². The number of amides is 2. The fourth-order valence-corrected chi connectivity index (χ4v) is 3.91. The number of hydrogen-bond acceptors (Lipinski definition) is 4. The summed E-state index contributed by atoms with van der Waals surface area (Å²) in [6, 6.07) is 5.46. The van der Waals surface area contributed by atoms with Gasteiger partial charge in [-0.2, -0.15) is 13.5 Å². The number of carbonyl (C=O) groups is 3. The average molecular weight is 407 g/mol. The van der Waals surface area contributed by atoms with Crippen LogP contribution < -0.4 is 5.32 Å². The van der Waals surface area contributed by atoms with Crippen molar-refractivity contribution in [2.45, 2.75) is 64.5 Å². The van der Waals surface area contributed by atoms with Crippen molar-refractivity contribution in [3.63, 3.8) is 0 Å². The minimum absolute atomic E-state index is 0. The number of Topliss-reactive ketones (excluding diaryl/α,β-unsaturated/α-hetero) is 1. The van der Waals surface area contributed by atoms with Gasteiger partial charge in [-0.1, -0.05) is 18.2 Å². The van der Waals surface area contributed by atoms with Crippen LogP contribution in [0.3, 0.4) is 0 Å². The number of carbonyl (C=O) groups excluding carboxylic acids is 3. The highest BCUT2D eigenvalue weighted by Gasteiger charge is 2.37. The van der Waals surface area contributed by atoms with E-state index in [1.807, 2.05) is 12.1 Å². The predicted octanol–water partition coefficient (Wildman–Crippen LogP) is 2.99. The van der Waals surface area contributed by atoms with Crippen LogP contribution in [0.15, 0.2) is 18.2 Å². The third kappa shape index (κ3) is 5.07. The second kappa shape index (κ2) is 8.99. The van der Waals surface area contributed by atoms with Crippen LogP contribution in [0.4, 0.5) is 4.79 Å². The SMILES string of the molecule is CC(C)(C)OC(=O)NCCN1C(=O)CC[C@H]1C(=O)c1cccc2c1CCC2.S. The normalized spacial score (nSPS) is 18.5. The maximum atomic E-state index is 13.1. The minimum atomic E-state index is -0.570.